The highest BCUT2D eigenvalue weighted by Crippen LogP contribution is 2.40. The summed E-state index contributed by atoms with van der Waals surface area (Å²) in [4.78, 5) is 32.7. The van der Waals surface area contributed by atoms with Gasteiger partial charge in [0, 0.05) is 23.1 Å². The Morgan fingerprint density at radius 1 is 1.00 bits per heavy atom. The zero-order valence-corrected chi connectivity index (χ0v) is 19.3. The minimum Gasteiger partial charge on any atom is -0.326 e. The number of nitrogens with zero attached hydrogens (tertiary/aromatic N) is 2. The van der Waals surface area contributed by atoms with Crippen LogP contribution in [-0.2, 0) is 15.8 Å². The zero-order chi connectivity index (χ0) is 24.3. The van der Waals surface area contributed by atoms with E-state index < -0.39 is 17.6 Å². The topological polar surface area (TPSA) is 84.0 Å². The first kappa shape index (κ1) is 23.7. The summed E-state index contributed by atoms with van der Waals surface area (Å²) >= 11 is 1.98. The van der Waals surface area contributed by atoms with Gasteiger partial charge in [-0.05, 0) is 30.3 Å². The Balaban J connectivity index is 1.51. The Morgan fingerprint density at radius 3 is 2.35 bits per heavy atom. The van der Waals surface area contributed by atoms with Crippen molar-refractivity contribution in [2.75, 3.05) is 16.4 Å². The molecule has 11 heteroatoms. The maximum absolute atomic E-state index is 13.7. The molecule has 2 aromatic carbocycles. The summed E-state index contributed by atoms with van der Waals surface area (Å²) in [5.41, 5.74) is 0.410. The molecule has 0 aliphatic carbocycles. The fourth-order valence-corrected chi connectivity index (χ4v) is 4.73. The lowest BCUT2D eigenvalue weighted by molar-refractivity contribution is -0.136. The van der Waals surface area contributed by atoms with Gasteiger partial charge in [0.1, 0.15) is 0 Å². The van der Waals surface area contributed by atoms with Crippen LogP contribution in [0.2, 0.25) is 0 Å². The third kappa shape index (κ3) is 5.72. The standard InChI is InChI=1S/C23H17F3N4O2S2/c1-13(31)27-15-7-9-16(10-8-15)33-12-19(32)29-22-30-21-20(34-22)17(23(24,25)26)11-18(28-21)14-5-3-2-4-6-14/h2-11H,12H2,1H3,(H,27,31)(H,28,29,30,32). The first-order valence-electron chi connectivity index (χ1n) is 9.93. The van der Waals surface area contributed by atoms with Gasteiger partial charge in [0.05, 0.1) is 21.7 Å². The van der Waals surface area contributed by atoms with Crippen molar-refractivity contribution in [1.29, 1.82) is 0 Å². The molecule has 0 atom stereocenters. The van der Waals surface area contributed by atoms with Crippen LogP contribution >= 0.6 is 23.1 Å². The lowest BCUT2D eigenvalue weighted by atomic mass is 10.1. The fourth-order valence-electron chi connectivity index (χ4n) is 3.07. The van der Waals surface area contributed by atoms with Gasteiger partial charge < -0.3 is 10.6 Å². The molecule has 4 aromatic rings. The van der Waals surface area contributed by atoms with E-state index in [1.165, 1.54) is 18.7 Å². The van der Waals surface area contributed by atoms with Crippen molar-refractivity contribution in [1.82, 2.24) is 9.97 Å². The first-order valence-corrected chi connectivity index (χ1v) is 11.7. The minimum absolute atomic E-state index is 0.0320. The molecule has 2 aromatic heterocycles. The maximum atomic E-state index is 13.7. The normalized spacial score (nSPS) is 11.4. The number of nitrogens with one attached hydrogen (secondary N) is 2. The molecule has 0 aliphatic rings. The highest BCUT2D eigenvalue weighted by atomic mass is 32.2. The number of hydrogen-bond acceptors (Lipinski definition) is 6. The van der Waals surface area contributed by atoms with Gasteiger partial charge in [-0.3, -0.25) is 9.59 Å². The summed E-state index contributed by atoms with van der Waals surface area (Å²) in [6, 6.07) is 16.5. The molecule has 2 heterocycles. The molecule has 0 unspecified atom stereocenters. The van der Waals surface area contributed by atoms with Crippen LogP contribution in [0.4, 0.5) is 24.0 Å². The van der Waals surface area contributed by atoms with E-state index >= 15 is 0 Å². The summed E-state index contributed by atoms with van der Waals surface area (Å²) in [5, 5.41) is 5.26. The van der Waals surface area contributed by atoms with Crippen molar-refractivity contribution < 1.29 is 22.8 Å². The average Bonchev–Trinajstić information content (AvgIpc) is 3.19. The quantitative estimate of drug-likeness (QED) is 0.313. The Morgan fingerprint density at radius 2 is 1.71 bits per heavy atom. The lowest BCUT2D eigenvalue weighted by Gasteiger charge is -2.09. The zero-order valence-electron chi connectivity index (χ0n) is 17.6. The van der Waals surface area contributed by atoms with E-state index in [4.69, 9.17) is 0 Å². The predicted molar refractivity (Wildman–Crippen MR) is 128 cm³/mol. The Kier molecular flexibility index (Phi) is 6.85. The largest absolute Gasteiger partial charge is 0.417 e. The Labute approximate surface area is 200 Å². The van der Waals surface area contributed by atoms with E-state index in [1.54, 1.807) is 54.6 Å². The molecule has 0 fully saturated rings. The molecule has 34 heavy (non-hydrogen) atoms. The van der Waals surface area contributed by atoms with E-state index in [-0.39, 0.29) is 32.8 Å². The van der Waals surface area contributed by atoms with Crippen molar-refractivity contribution >= 4 is 56.1 Å². The van der Waals surface area contributed by atoms with E-state index in [1.807, 2.05) is 0 Å². The molecular formula is C23H17F3N4O2S2. The average molecular weight is 503 g/mol. The number of thioether (sulfide) groups is 1. The molecule has 2 N–H and O–H groups in total. The number of fused-ring (bicyclic) bond motifs is 1. The van der Waals surface area contributed by atoms with E-state index in [0.29, 0.717) is 11.3 Å². The lowest BCUT2D eigenvalue weighted by Crippen LogP contribution is -2.13. The van der Waals surface area contributed by atoms with Gasteiger partial charge in [0.15, 0.2) is 10.8 Å². The first-order chi connectivity index (χ1) is 16.2. The van der Waals surface area contributed by atoms with Crippen LogP contribution in [-0.4, -0.2) is 27.5 Å². The number of amides is 2. The number of hydrogen-bond donors (Lipinski definition) is 2. The van der Waals surface area contributed by atoms with Crippen LogP contribution in [0.1, 0.15) is 12.5 Å². The molecule has 2 amide bonds. The predicted octanol–water partition coefficient (Wildman–Crippen LogP) is 6.07. The summed E-state index contributed by atoms with van der Waals surface area (Å²) in [7, 11) is 0. The number of benzene rings is 2. The van der Waals surface area contributed by atoms with E-state index in [2.05, 4.69) is 20.6 Å². The van der Waals surface area contributed by atoms with Gasteiger partial charge >= 0.3 is 6.18 Å². The molecule has 0 saturated carbocycles. The van der Waals surface area contributed by atoms with Gasteiger partial charge in [-0.1, -0.05) is 41.7 Å². The SMILES string of the molecule is CC(=O)Nc1ccc(SCC(=O)Nc2nc3nc(-c4ccccc4)cc(C(F)(F)F)c3s2)cc1. The van der Waals surface area contributed by atoms with Crippen LogP contribution in [0.3, 0.4) is 0 Å². The van der Waals surface area contributed by atoms with Crippen LogP contribution < -0.4 is 10.6 Å². The molecule has 0 radical (unpaired) electrons. The number of anilines is 2. The molecule has 0 aliphatic heterocycles. The van der Waals surface area contributed by atoms with Crippen molar-refractivity contribution in [3.05, 3.63) is 66.2 Å². The van der Waals surface area contributed by atoms with Crippen LogP contribution in [0.15, 0.2) is 65.6 Å². The Hall–Kier alpha value is -3.44. The highest BCUT2D eigenvalue weighted by Gasteiger charge is 2.35. The molecule has 6 nitrogen and oxygen atoms in total. The molecule has 0 spiro atoms. The molecule has 0 saturated heterocycles. The number of pyridine rings is 1. The van der Waals surface area contributed by atoms with Crippen LogP contribution in [0, 0.1) is 0 Å². The molecule has 0 bridgehead atoms. The van der Waals surface area contributed by atoms with E-state index in [0.717, 1.165) is 22.3 Å². The number of halogens is 3. The summed E-state index contributed by atoms with van der Waals surface area (Å²) < 4.78 is 41.1. The van der Waals surface area contributed by atoms with Crippen molar-refractivity contribution in [2.24, 2.45) is 0 Å². The van der Waals surface area contributed by atoms with Gasteiger partial charge in [0.25, 0.3) is 0 Å². The Bertz CT molecular complexity index is 1340. The van der Waals surface area contributed by atoms with Gasteiger partial charge in [-0.25, -0.2) is 4.98 Å². The number of carbonyl (C=O) groups excluding carboxylic acids is 2. The smallest absolute Gasteiger partial charge is 0.326 e. The van der Waals surface area contributed by atoms with Crippen LogP contribution in [0.25, 0.3) is 21.6 Å². The number of alkyl halides is 3. The summed E-state index contributed by atoms with van der Waals surface area (Å²) in [5.74, 6) is -0.564. The summed E-state index contributed by atoms with van der Waals surface area (Å²) in [6.45, 7) is 1.41. The highest BCUT2D eigenvalue weighted by molar-refractivity contribution is 8.00. The van der Waals surface area contributed by atoms with Crippen molar-refractivity contribution in [3.8, 4) is 11.3 Å². The van der Waals surface area contributed by atoms with Gasteiger partial charge in [-0.2, -0.15) is 18.2 Å². The second kappa shape index (κ2) is 9.82. The van der Waals surface area contributed by atoms with Gasteiger partial charge in [-0.15, -0.1) is 11.8 Å². The molecule has 174 valence electrons. The minimum atomic E-state index is -4.60. The monoisotopic (exact) mass is 502 g/mol. The maximum Gasteiger partial charge on any atom is 0.417 e. The summed E-state index contributed by atoms with van der Waals surface area (Å²) in [6.07, 6.45) is -4.60. The van der Waals surface area contributed by atoms with Crippen molar-refractivity contribution in [3.63, 3.8) is 0 Å². The van der Waals surface area contributed by atoms with E-state index in [9.17, 15) is 22.8 Å². The number of aromatic nitrogens is 2. The number of rotatable bonds is 6. The van der Waals surface area contributed by atoms with Crippen molar-refractivity contribution in [2.45, 2.75) is 18.0 Å². The number of thiazole rings is 1. The second-order valence-electron chi connectivity index (χ2n) is 7.13. The number of carbonyl (C=O) groups is 2. The molecule has 4 rings (SSSR count). The van der Waals surface area contributed by atoms with Gasteiger partial charge in [0.2, 0.25) is 11.8 Å². The fraction of sp³-hybridized carbons (Fsp3) is 0.130. The van der Waals surface area contributed by atoms with Crippen LogP contribution in [0.5, 0.6) is 0 Å². The third-order valence-electron chi connectivity index (χ3n) is 4.53. The second-order valence-corrected chi connectivity index (χ2v) is 9.18. The molecular weight excluding hydrogens is 485 g/mol. The third-order valence-corrected chi connectivity index (χ3v) is 6.53.